The first kappa shape index (κ1) is 7.14. The molecule has 2 rings (SSSR count). The van der Waals surface area contributed by atoms with E-state index in [0.717, 1.165) is 12.1 Å². The lowest BCUT2D eigenvalue weighted by Crippen LogP contribution is -2.34. The van der Waals surface area contributed by atoms with Crippen LogP contribution in [0.25, 0.3) is 0 Å². The van der Waals surface area contributed by atoms with E-state index < -0.39 is 0 Å². The van der Waals surface area contributed by atoms with Crippen LogP contribution in [0.3, 0.4) is 0 Å². The van der Waals surface area contributed by atoms with Crippen molar-refractivity contribution in [1.29, 1.82) is 0 Å². The fourth-order valence-corrected chi connectivity index (χ4v) is 1.77. The lowest BCUT2D eigenvalue weighted by Gasteiger charge is -2.28. The van der Waals surface area contributed by atoms with Gasteiger partial charge in [-0.05, 0) is 26.7 Å². The summed E-state index contributed by atoms with van der Waals surface area (Å²) in [6.07, 6.45) is 3.61. The smallest absolute Gasteiger partial charge is 0.145 e. The highest BCUT2D eigenvalue weighted by atomic mass is 16.7. The zero-order chi connectivity index (χ0) is 8.11. The van der Waals surface area contributed by atoms with Gasteiger partial charge in [0.2, 0.25) is 0 Å². The van der Waals surface area contributed by atoms with Crippen LogP contribution >= 0.6 is 0 Å². The summed E-state index contributed by atoms with van der Waals surface area (Å²) in [6, 6.07) is 0. The van der Waals surface area contributed by atoms with E-state index in [1.807, 2.05) is 6.92 Å². The number of hydrogen-bond acceptors (Lipinski definition) is 2. The molecule has 2 aliphatic rings. The SMILES string of the molecule is CC1=NOC(C)(C2(C)CC2)C1. The zero-order valence-corrected chi connectivity index (χ0v) is 7.48. The van der Waals surface area contributed by atoms with Gasteiger partial charge in [-0.2, -0.15) is 0 Å². The van der Waals surface area contributed by atoms with Gasteiger partial charge in [0.25, 0.3) is 0 Å². The Morgan fingerprint density at radius 3 is 2.36 bits per heavy atom. The Kier molecular flexibility index (Phi) is 1.16. The van der Waals surface area contributed by atoms with Crippen LogP contribution in [-0.2, 0) is 4.84 Å². The maximum absolute atomic E-state index is 5.47. The van der Waals surface area contributed by atoms with Crippen LogP contribution in [0.5, 0.6) is 0 Å². The number of oxime groups is 1. The standard InChI is InChI=1S/C9H15NO/c1-7-6-9(3,11-10-7)8(2)4-5-8/h4-6H2,1-3H3. The monoisotopic (exact) mass is 153 g/mol. The summed E-state index contributed by atoms with van der Waals surface area (Å²) in [5, 5.41) is 4.01. The fraction of sp³-hybridized carbons (Fsp3) is 0.889. The first-order chi connectivity index (χ1) is 5.06. The highest BCUT2D eigenvalue weighted by molar-refractivity contribution is 5.83. The third-order valence-corrected chi connectivity index (χ3v) is 3.27. The Morgan fingerprint density at radius 2 is 2.00 bits per heavy atom. The second-order valence-corrected chi connectivity index (χ2v) is 4.39. The topological polar surface area (TPSA) is 21.6 Å². The van der Waals surface area contributed by atoms with Crippen LogP contribution in [0, 0.1) is 5.41 Å². The van der Waals surface area contributed by atoms with Crippen LogP contribution in [0.15, 0.2) is 5.16 Å². The molecule has 1 heterocycles. The molecular weight excluding hydrogens is 138 g/mol. The van der Waals surface area contributed by atoms with Crippen molar-refractivity contribution in [2.75, 3.05) is 0 Å². The summed E-state index contributed by atoms with van der Waals surface area (Å²) in [5.74, 6) is 0. The Morgan fingerprint density at radius 1 is 1.36 bits per heavy atom. The van der Waals surface area contributed by atoms with Crippen molar-refractivity contribution in [3.8, 4) is 0 Å². The second kappa shape index (κ2) is 1.79. The molecule has 0 aromatic heterocycles. The maximum atomic E-state index is 5.47. The van der Waals surface area contributed by atoms with Gasteiger partial charge in [-0.25, -0.2) is 0 Å². The molecule has 2 heteroatoms. The molecule has 11 heavy (non-hydrogen) atoms. The first-order valence-electron chi connectivity index (χ1n) is 4.27. The van der Waals surface area contributed by atoms with Gasteiger partial charge in [-0.1, -0.05) is 12.1 Å². The number of rotatable bonds is 1. The minimum Gasteiger partial charge on any atom is -0.389 e. The molecule has 0 aromatic rings. The van der Waals surface area contributed by atoms with Crippen molar-refractivity contribution in [2.45, 2.75) is 45.6 Å². The van der Waals surface area contributed by atoms with Gasteiger partial charge < -0.3 is 4.84 Å². The fourth-order valence-electron chi connectivity index (χ4n) is 1.77. The molecule has 1 saturated carbocycles. The molecule has 0 bridgehead atoms. The Bertz CT molecular complexity index is 218. The van der Waals surface area contributed by atoms with Gasteiger partial charge in [0.1, 0.15) is 5.60 Å². The van der Waals surface area contributed by atoms with E-state index in [4.69, 9.17) is 4.84 Å². The van der Waals surface area contributed by atoms with Gasteiger partial charge in [-0.3, -0.25) is 0 Å². The zero-order valence-electron chi connectivity index (χ0n) is 7.48. The molecule has 0 amide bonds. The number of nitrogens with zero attached hydrogens (tertiary/aromatic N) is 1. The Balaban J connectivity index is 2.14. The summed E-state index contributed by atoms with van der Waals surface area (Å²) >= 11 is 0. The van der Waals surface area contributed by atoms with Crippen molar-refractivity contribution in [3.05, 3.63) is 0 Å². The summed E-state index contributed by atoms with van der Waals surface area (Å²) in [6.45, 7) is 6.51. The third-order valence-electron chi connectivity index (χ3n) is 3.27. The Labute approximate surface area is 67.6 Å². The Hall–Kier alpha value is -0.530. The van der Waals surface area contributed by atoms with Crippen LogP contribution in [0.1, 0.15) is 40.0 Å². The second-order valence-electron chi connectivity index (χ2n) is 4.39. The van der Waals surface area contributed by atoms with Gasteiger partial charge in [0.15, 0.2) is 0 Å². The van der Waals surface area contributed by atoms with Crippen LogP contribution in [0.2, 0.25) is 0 Å². The van der Waals surface area contributed by atoms with Crippen LogP contribution in [-0.4, -0.2) is 11.3 Å². The molecular formula is C9H15NO. The quantitative estimate of drug-likeness (QED) is 0.566. The molecule has 0 saturated heterocycles. The average Bonchev–Trinajstić information content (AvgIpc) is 2.57. The highest BCUT2D eigenvalue weighted by Crippen LogP contribution is 2.57. The summed E-state index contributed by atoms with van der Waals surface area (Å²) in [5.41, 5.74) is 1.56. The predicted octanol–water partition coefficient (Wildman–Crippen LogP) is 2.34. The minimum absolute atomic E-state index is 0.0110. The molecule has 0 spiro atoms. The predicted molar refractivity (Wildman–Crippen MR) is 44.6 cm³/mol. The first-order valence-corrected chi connectivity index (χ1v) is 4.27. The van der Waals surface area contributed by atoms with Crippen molar-refractivity contribution in [2.24, 2.45) is 10.6 Å². The lowest BCUT2D eigenvalue weighted by molar-refractivity contribution is -0.0549. The van der Waals surface area contributed by atoms with E-state index >= 15 is 0 Å². The average molecular weight is 153 g/mol. The molecule has 62 valence electrons. The van der Waals surface area contributed by atoms with Crippen molar-refractivity contribution in [1.82, 2.24) is 0 Å². The van der Waals surface area contributed by atoms with E-state index in [2.05, 4.69) is 19.0 Å². The van der Waals surface area contributed by atoms with Gasteiger partial charge in [0, 0.05) is 11.8 Å². The summed E-state index contributed by atoms with van der Waals surface area (Å²) in [7, 11) is 0. The molecule has 0 N–H and O–H groups in total. The minimum atomic E-state index is 0.0110. The molecule has 1 aliphatic carbocycles. The van der Waals surface area contributed by atoms with Gasteiger partial charge >= 0.3 is 0 Å². The largest absolute Gasteiger partial charge is 0.389 e. The van der Waals surface area contributed by atoms with E-state index in [9.17, 15) is 0 Å². The molecule has 1 aliphatic heterocycles. The van der Waals surface area contributed by atoms with Crippen molar-refractivity contribution < 1.29 is 4.84 Å². The third kappa shape index (κ3) is 0.883. The molecule has 1 fully saturated rings. The number of hydrogen-bond donors (Lipinski definition) is 0. The van der Waals surface area contributed by atoms with Crippen LogP contribution in [0.4, 0.5) is 0 Å². The van der Waals surface area contributed by atoms with Crippen LogP contribution < -0.4 is 0 Å². The summed E-state index contributed by atoms with van der Waals surface area (Å²) in [4.78, 5) is 5.47. The molecule has 1 atom stereocenters. The summed E-state index contributed by atoms with van der Waals surface area (Å²) < 4.78 is 0. The normalized spacial score (nSPS) is 39.7. The highest BCUT2D eigenvalue weighted by Gasteiger charge is 2.57. The maximum Gasteiger partial charge on any atom is 0.145 e. The van der Waals surface area contributed by atoms with E-state index in [-0.39, 0.29) is 5.60 Å². The van der Waals surface area contributed by atoms with Gasteiger partial charge in [-0.15, -0.1) is 0 Å². The molecule has 1 unspecified atom stereocenters. The molecule has 0 aromatic carbocycles. The van der Waals surface area contributed by atoms with Crippen molar-refractivity contribution in [3.63, 3.8) is 0 Å². The van der Waals surface area contributed by atoms with E-state index in [1.54, 1.807) is 0 Å². The van der Waals surface area contributed by atoms with Crippen molar-refractivity contribution >= 4 is 5.71 Å². The van der Waals surface area contributed by atoms with Gasteiger partial charge in [0.05, 0.1) is 5.71 Å². The lowest BCUT2D eigenvalue weighted by atomic mass is 9.84. The molecule has 2 nitrogen and oxygen atoms in total. The van der Waals surface area contributed by atoms with E-state index in [0.29, 0.717) is 5.41 Å². The van der Waals surface area contributed by atoms with E-state index in [1.165, 1.54) is 12.8 Å². The molecule has 0 radical (unpaired) electrons.